The van der Waals surface area contributed by atoms with Crippen LogP contribution in [-0.4, -0.2) is 44.5 Å². The molecule has 7 nitrogen and oxygen atoms in total. The summed E-state index contributed by atoms with van der Waals surface area (Å²) in [6, 6.07) is 15.8. The summed E-state index contributed by atoms with van der Waals surface area (Å²) >= 11 is 0. The molecule has 1 atom stereocenters. The molecule has 2 aliphatic rings. The van der Waals surface area contributed by atoms with Crippen LogP contribution >= 0.6 is 0 Å². The van der Waals surface area contributed by atoms with Crippen LogP contribution in [0.2, 0.25) is 0 Å². The minimum absolute atomic E-state index is 0.0142. The molecule has 29 heavy (non-hydrogen) atoms. The Balaban J connectivity index is 1.33. The number of aliphatic imine (C=N–C) groups is 1. The van der Waals surface area contributed by atoms with Crippen molar-refractivity contribution in [1.82, 2.24) is 10.6 Å². The summed E-state index contributed by atoms with van der Waals surface area (Å²) in [7, 11) is 1.67. The molecule has 0 fully saturated rings. The number of hydrogen-bond acceptors (Lipinski definition) is 3. The Bertz CT molecular complexity index is 956. The molecule has 0 saturated carbocycles. The van der Waals surface area contributed by atoms with E-state index in [1.54, 1.807) is 7.05 Å². The summed E-state index contributed by atoms with van der Waals surface area (Å²) in [5.41, 5.74) is 4.17. The molecule has 3 N–H and O–H groups in total. The number of benzene rings is 2. The number of hydrogen-bond donors (Lipinski definition) is 3. The van der Waals surface area contributed by atoms with Gasteiger partial charge >= 0.3 is 0 Å². The fraction of sp³-hybridized carbons (Fsp3) is 0.318. The molecule has 0 bridgehead atoms. The Morgan fingerprint density at radius 2 is 1.97 bits per heavy atom. The van der Waals surface area contributed by atoms with Crippen molar-refractivity contribution >= 4 is 29.1 Å². The van der Waals surface area contributed by atoms with Gasteiger partial charge in [-0.25, -0.2) is 0 Å². The van der Waals surface area contributed by atoms with Crippen molar-refractivity contribution in [2.45, 2.75) is 18.8 Å². The van der Waals surface area contributed by atoms with Gasteiger partial charge in [-0.15, -0.1) is 0 Å². The first-order chi connectivity index (χ1) is 14.2. The molecule has 0 saturated heterocycles. The molecular formula is C22H25N5O2. The van der Waals surface area contributed by atoms with Gasteiger partial charge in [0.2, 0.25) is 11.8 Å². The lowest BCUT2D eigenvalue weighted by molar-refractivity contribution is -0.118. The van der Waals surface area contributed by atoms with Crippen molar-refractivity contribution in [1.29, 1.82) is 0 Å². The molecular weight excluding hydrogens is 366 g/mol. The predicted molar refractivity (Wildman–Crippen MR) is 114 cm³/mol. The van der Waals surface area contributed by atoms with Crippen molar-refractivity contribution in [2.24, 2.45) is 4.99 Å². The summed E-state index contributed by atoms with van der Waals surface area (Å²) in [6.45, 7) is 1.43. The maximum Gasteiger partial charge on any atom is 0.246 e. The van der Waals surface area contributed by atoms with E-state index < -0.39 is 0 Å². The maximum absolute atomic E-state index is 12.7. The van der Waals surface area contributed by atoms with Gasteiger partial charge in [-0.05, 0) is 29.7 Å². The second kappa shape index (κ2) is 8.34. The van der Waals surface area contributed by atoms with Crippen LogP contribution < -0.4 is 20.9 Å². The van der Waals surface area contributed by atoms with Gasteiger partial charge < -0.3 is 20.9 Å². The van der Waals surface area contributed by atoms with E-state index in [1.807, 2.05) is 47.4 Å². The Hall–Kier alpha value is -3.35. The highest BCUT2D eigenvalue weighted by molar-refractivity contribution is 5.98. The Kier molecular flexibility index (Phi) is 5.46. The second-order valence-corrected chi connectivity index (χ2v) is 7.27. The highest BCUT2D eigenvalue weighted by Crippen LogP contribution is 2.31. The number of amides is 2. The highest BCUT2D eigenvalue weighted by atomic mass is 16.2. The first-order valence-electron chi connectivity index (χ1n) is 9.87. The van der Waals surface area contributed by atoms with Crippen molar-refractivity contribution in [3.05, 3.63) is 59.7 Å². The third kappa shape index (κ3) is 4.08. The topological polar surface area (TPSA) is 85.8 Å². The van der Waals surface area contributed by atoms with E-state index in [1.165, 1.54) is 5.56 Å². The molecule has 2 aromatic carbocycles. The highest BCUT2D eigenvalue weighted by Gasteiger charge is 2.26. The van der Waals surface area contributed by atoms with Gasteiger partial charge in [0.05, 0.1) is 6.54 Å². The Morgan fingerprint density at radius 1 is 1.17 bits per heavy atom. The summed E-state index contributed by atoms with van der Waals surface area (Å²) in [6.07, 6.45) is 1.31. The smallest absolute Gasteiger partial charge is 0.246 e. The van der Waals surface area contributed by atoms with E-state index in [2.05, 4.69) is 27.0 Å². The first-order valence-corrected chi connectivity index (χ1v) is 9.87. The number of carbonyl (C=O) groups is 2. The number of rotatable bonds is 4. The Morgan fingerprint density at radius 3 is 2.83 bits per heavy atom. The van der Waals surface area contributed by atoms with Crippen molar-refractivity contribution in [3.8, 4) is 0 Å². The molecule has 1 unspecified atom stereocenters. The summed E-state index contributed by atoms with van der Waals surface area (Å²) in [5, 5.41) is 9.26. The minimum atomic E-state index is 0.0142. The number of guanidine groups is 1. The van der Waals surface area contributed by atoms with Crippen molar-refractivity contribution in [3.63, 3.8) is 0 Å². The van der Waals surface area contributed by atoms with E-state index in [0.717, 1.165) is 23.4 Å². The number of carbonyl (C=O) groups excluding carboxylic acids is 2. The molecule has 0 spiro atoms. The van der Waals surface area contributed by atoms with Crippen LogP contribution in [-0.2, 0) is 16.0 Å². The molecule has 2 aliphatic heterocycles. The fourth-order valence-electron chi connectivity index (χ4n) is 3.98. The van der Waals surface area contributed by atoms with Gasteiger partial charge in [0, 0.05) is 43.9 Å². The zero-order valence-electron chi connectivity index (χ0n) is 16.4. The average molecular weight is 391 g/mol. The third-order valence-corrected chi connectivity index (χ3v) is 5.44. The number of anilines is 2. The predicted octanol–water partition coefficient (Wildman–Crippen LogP) is 1.87. The molecule has 0 radical (unpaired) electrons. The number of fused-ring (bicyclic) bond motifs is 2. The van der Waals surface area contributed by atoms with E-state index in [9.17, 15) is 9.59 Å². The molecule has 150 valence electrons. The largest absolute Gasteiger partial charge is 0.356 e. The standard InChI is InChI=1S/C22H25N5O2/c1-23-22(24-13-16-12-20(28)26-18-8-4-3-7-17(16)18)25-14-21(29)27-11-10-15-6-2-5-9-19(15)27/h2-9,16H,10-14H2,1H3,(H,26,28)(H2,23,24,25). The van der Waals surface area contributed by atoms with E-state index in [0.29, 0.717) is 25.5 Å². The van der Waals surface area contributed by atoms with Crippen LogP contribution in [0.5, 0.6) is 0 Å². The van der Waals surface area contributed by atoms with Crippen LogP contribution in [0.15, 0.2) is 53.5 Å². The van der Waals surface area contributed by atoms with E-state index in [-0.39, 0.29) is 24.3 Å². The van der Waals surface area contributed by atoms with E-state index >= 15 is 0 Å². The lowest BCUT2D eigenvalue weighted by Crippen LogP contribution is -2.45. The van der Waals surface area contributed by atoms with Gasteiger partial charge in [-0.2, -0.15) is 0 Å². The summed E-state index contributed by atoms with van der Waals surface area (Å²) < 4.78 is 0. The monoisotopic (exact) mass is 391 g/mol. The molecule has 2 amide bonds. The van der Waals surface area contributed by atoms with Gasteiger partial charge in [-0.3, -0.25) is 14.6 Å². The van der Waals surface area contributed by atoms with Crippen LogP contribution in [0.1, 0.15) is 23.5 Å². The second-order valence-electron chi connectivity index (χ2n) is 7.27. The minimum Gasteiger partial charge on any atom is -0.356 e. The van der Waals surface area contributed by atoms with Gasteiger partial charge in [0.1, 0.15) is 0 Å². The molecule has 7 heteroatoms. The SMILES string of the molecule is CN=C(NCC(=O)N1CCc2ccccc21)NCC1CC(=O)Nc2ccccc21. The molecule has 2 heterocycles. The maximum atomic E-state index is 12.7. The van der Waals surface area contributed by atoms with Crippen LogP contribution in [0, 0.1) is 0 Å². The lowest BCUT2D eigenvalue weighted by Gasteiger charge is -2.26. The van der Waals surface area contributed by atoms with Crippen LogP contribution in [0.3, 0.4) is 0 Å². The van der Waals surface area contributed by atoms with Crippen LogP contribution in [0.25, 0.3) is 0 Å². The van der Waals surface area contributed by atoms with E-state index in [4.69, 9.17) is 0 Å². The molecule has 0 aliphatic carbocycles. The lowest BCUT2D eigenvalue weighted by atomic mass is 9.90. The number of nitrogens with zero attached hydrogens (tertiary/aromatic N) is 2. The first kappa shape index (κ1) is 19.0. The zero-order chi connectivity index (χ0) is 20.2. The molecule has 0 aromatic heterocycles. The van der Waals surface area contributed by atoms with Crippen LogP contribution in [0.4, 0.5) is 11.4 Å². The zero-order valence-corrected chi connectivity index (χ0v) is 16.4. The molecule has 2 aromatic rings. The normalized spacial score (nSPS) is 18.0. The number of para-hydroxylation sites is 2. The molecule has 4 rings (SSSR count). The third-order valence-electron chi connectivity index (χ3n) is 5.44. The van der Waals surface area contributed by atoms with Gasteiger partial charge in [-0.1, -0.05) is 36.4 Å². The average Bonchev–Trinajstić information content (AvgIpc) is 3.17. The van der Waals surface area contributed by atoms with Gasteiger partial charge in [0.25, 0.3) is 0 Å². The van der Waals surface area contributed by atoms with Gasteiger partial charge in [0.15, 0.2) is 5.96 Å². The summed E-state index contributed by atoms with van der Waals surface area (Å²) in [5.74, 6) is 0.635. The fourth-order valence-corrected chi connectivity index (χ4v) is 3.98. The number of nitrogens with one attached hydrogen (secondary N) is 3. The van der Waals surface area contributed by atoms with Crippen molar-refractivity contribution in [2.75, 3.05) is 36.9 Å². The Labute approximate surface area is 170 Å². The summed E-state index contributed by atoms with van der Waals surface area (Å²) in [4.78, 5) is 30.7. The van der Waals surface area contributed by atoms with Crippen molar-refractivity contribution < 1.29 is 9.59 Å². The quantitative estimate of drug-likeness (QED) is 0.549.